The van der Waals surface area contributed by atoms with Crippen LogP contribution in [-0.2, 0) is 4.74 Å². The molecule has 0 radical (unpaired) electrons. The third kappa shape index (κ3) is 5.40. The van der Waals surface area contributed by atoms with Gasteiger partial charge >= 0.3 is 6.03 Å². The number of carbonyl (C=O) groups excluding carboxylic acids is 2. The van der Waals surface area contributed by atoms with Gasteiger partial charge in [0.15, 0.2) is 11.6 Å². The summed E-state index contributed by atoms with van der Waals surface area (Å²) in [6.45, 7) is 4.14. The van der Waals surface area contributed by atoms with Crippen molar-refractivity contribution in [3.05, 3.63) is 72.4 Å². The number of morpholine rings is 1. The van der Waals surface area contributed by atoms with Crippen LogP contribution < -0.4 is 21.3 Å². The topological polar surface area (TPSA) is 130 Å². The summed E-state index contributed by atoms with van der Waals surface area (Å²) < 4.78 is 7.34. The lowest BCUT2D eigenvalue weighted by atomic mass is 10.2. The zero-order valence-corrected chi connectivity index (χ0v) is 21.4. The van der Waals surface area contributed by atoms with E-state index in [0.29, 0.717) is 49.1 Å². The van der Waals surface area contributed by atoms with Gasteiger partial charge < -0.3 is 30.9 Å². The zero-order chi connectivity index (χ0) is 26.8. The van der Waals surface area contributed by atoms with Gasteiger partial charge in [0.05, 0.1) is 13.2 Å². The first-order chi connectivity index (χ1) is 19.0. The zero-order valence-electron chi connectivity index (χ0n) is 21.4. The van der Waals surface area contributed by atoms with Crippen molar-refractivity contribution in [3.63, 3.8) is 0 Å². The second-order valence-corrected chi connectivity index (χ2v) is 9.73. The normalized spacial score (nSPS) is 17.4. The number of rotatable bonds is 5. The van der Waals surface area contributed by atoms with Crippen LogP contribution in [0.2, 0.25) is 0 Å². The number of fused-ring (bicyclic) bond motifs is 1. The van der Waals surface area contributed by atoms with Crippen LogP contribution in [0.1, 0.15) is 16.8 Å². The molecule has 4 aromatic rings. The first kappa shape index (κ1) is 24.8. The molecule has 3 amide bonds. The predicted molar refractivity (Wildman–Crippen MR) is 149 cm³/mol. The summed E-state index contributed by atoms with van der Waals surface area (Å²) in [6, 6.07) is 17.9. The molecule has 2 aliphatic heterocycles. The Labute approximate surface area is 225 Å². The average molecular weight is 527 g/mol. The maximum absolute atomic E-state index is 12.6. The van der Waals surface area contributed by atoms with Gasteiger partial charge in [0.1, 0.15) is 5.52 Å². The molecule has 0 spiro atoms. The fourth-order valence-corrected chi connectivity index (χ4v) is 4.90. The molecule has 200 valence electrons. The fraction of sp³-hybridized carbons (Fsp3) is 0.286. The second kappa shape index (κ2) is 10.7. The smallest absolute Gasteiger partial charge is 0.323 e. The highest BCUT2D eigenvalue weighted by Gasteiger charge is 2.24. The molecule has 39 heavy (non-hydrogen) atoms. The minimum absolute atomic E-state index is 0.0378. The first-order valence-corrected chi connectivity index (χ1v) is 13.0. The molecule has 2 aromatic heterocycles. The van der Waals surface area contributed by atoms with Crippen LogP contribution in [0.15, 0.2) is 66.9 Å². The van der Waals surface area contributed by atoms with Crippen molar-refractivity contribution in [2.24, 2.45) is 5.73 Å². The van der Waals surface area contributed by atoms with Crippen LogP contribution in [0.25, 0.3) is 16.9 Å². The first-order valence-electron chi connectivity index (χ1n) is 13.0. The van der Waals surface area contributed by atoms with E-state index in [1.165, 1.54) is 0 Å². The minimum Gasteiger partial charge on any atom is -0.378 e. The van der Waals surface area contributed by atoms with Gasteiger partial charge in [0.25, 0.3) is 5.91 Å². The van der Waals surface area contributed by atoms with E-state index in [0.717, 1.165) is 36.4 Å². The second-order valence-electron chi connectivity index (χ2n) is 9.73. The average Bonchev–Trinajstić information content (AvgIpc) is 3.62. The van der Waals surface area contributed by atoms with Crippen LogP contribution in [0, 0.1) is 0 Å². The van der Waals surface area contributed by atoms with Gasteiger partial charge in [0, 0.05) is 60.9 Å². The van der Waals surface area contributed by atoms with E-state index in [4.69, 9.17) is 15.5 Å². The molecular weight excluding hydrogens is 496 g/mol. The number of aromatic nitrogens is 3. The molecule has 2 aromatic carbocycles. The molecule has 0 bridgehead atoms. The maximum atomic E-state index is 12.6. The lowest BCUT2D eigenvalue weighted by Crippen LogP contribution is -2.37. The summed E-state index contributed by atoms with van der Waals surface area (Å²) in [5, 5.41) is 10.3. The van der Waals surface area contributed by atoms with Gasteiger partial charge in [-0.05, 0) is 67.1 Å². The Bertz CT molecular complexity index is 1480. The van der Waals surface area contributed by atoms with Gasteiger partial charge in [-0.15, -0.1) is 5.10 Å². The number of nitrogens with zero attached hydrogens (tertiary/aromatic N) is 5. The summed E-state index contributed by atoms with van der Waals surface area (Å²) in [5.41, 5.74) is 9.49. The Morgan fingerprint density at radius 3 is 2.28 bits per heavy atom. The summed E-state index contributed by atoms with van der Waals surface area (Å²) in [6.07, 6.45) is 2.73. The summed E-state index contributed by atoms with van der Waals surface area (Å²) >= 11 is 0. The quantitative estimate of drug-likeness (QED) is 0.364. The Morgan fingerprint density at radius 2 is 1.62 bits per heavy atom. The Kier molecular flexibility index (Phi) is 6.82. The van der Waals surface area contributed by atoms with Crippen molar-refractivity contribution in [2.45, 2.75) is 12.5 Å². The lowest BCUT2D eigenvalue weighted by molar-refractivity contribution is 0.0791. The number of hydrogen-bond acceptors (Lipinski definition) is 7. The van der Waals surface area contributed by atoms with Crippen LogP contribution in [-0.4, -0.2) is 76.9 Å². The van der Waals surface area contributed by atoms with E-state index in [1.807, 2.05) is 47.1 Å². The number of carbonyl (C=O) groups is 2. The van der Waals surface area contributed by atoms with Crippen LogP contribution >= 0.6 is 0 Å². The molecule has 11 heteroatoms. The number of nitrogens with two attached hydrogens (primary N) is 1. The van der Waals surface area contributed by atoms with E-state index < -0.39 is 0 Å². The highest BCUT2D eigenvalue weighted by molar-refractivity contribution is 6.00. The molecule has 2 saturated heterocycles. The molecular formula is C28H30N8O3. The predicted octanol–water partition coefficient (Wildman–Crippen LogP) is 3.05. The third-order valence-electron chi connectivity index (χ3n) is 6.98. The van der Waals surface area contributed by atoms with E-state index in [2.05, 4.69) is 20.6 Å². The monoisotopic (exact) mass is 526 g/mol. The van der Waals surface area contributed by atoms with Crippen LogP contribution in [0.4, 0.5) is 22.0 Å². The molecule has 2 fully saturated rings. The van der Waals surface area contributed by atoms with Crippen LogP contribution in [0.5, 0.6) is 0 Å². The van der Waals surface area contributed by atoms with Crippen molar-refractivity contribution in [1.29, 1.82) is 0 Å². The summed E-state index contributed by atoms with van der Waals surface area (Å²) in [7, 11) is 0. The van der Waals surface area contributed by atoms with Crippen molar-refractivity contribution in [2.75, 3.05) is 54.9 Å². The number of anilines is 3. The van der Waals surface area contributed by atoms with E-state index >= 15 is 0 Å². The number of likely N-dealkylation sites (tertiary alicyclic amines) is 1. The molecule has 11 nitrogen and oxygen atoms in total. The Hall–Kier alpha value is -4.48. The molecule has 0 saturated carbocycles. The largest absolute Gasteiger partial charge is 0.378 e. The fourth-order valence-electron chi connectivity index (χ4n) is 4.90. The highest BCUT2D eigenvalue weighted by Crippen LogP contribution is 2.25. The minimum atomic E-state index is -0.382. The molecule has 4 heterocycles. The number of nitrogens with one attached hydrogen (secondary N) is 2. The summed E-state index contributed by atoms with van der Waals surface area (Å²) in [5.74, 6) is 1.43. The van der Waals surface area contributed by atoms with Gasteiger partial charge in [0.2, 0.25) is 0 Å². The van der Waals surface area contributed by atoms with Crippen LogP contribution in [0.3, 0.4) is 0 Å². The number of hydrogen-bond donors (Lipinski definition) is 3. The highest BCUT2D eigenvalue weighted by atomic mass is 16.5. The summed E-state index contributed by atoms with van der Waals surface area (Å²) in [4.78, 5) is 34.0. The van der Waals surface area contributed by atoms with E-state index in [1.54, 1.807) is 29.2 Å². The number of ether oxygens (including phenoxy) is 1. The van der Waals surface area contributed by atoms with Crippen molar-refractivity contribution < 1.29 is 14.3 Å². The molecule has 4 N–H and O–H groups in total. The lowest BCUT2D eigenvalue weighted by Gasteiger charge is -2.28. The molecule has 0 unspecified atom stereocenters. The van der Waals surface area contributed by atoms with Crippen molar-refractivity contribution >= 4 is 34.6 Å². The van der Waals surface area contributed by atoms with Gasteiger partial charge in [-0.2, -0.15) is 0 Å². The SMILES string of the molecule is N[C@@H]1CCN(C(=O)c2ccc(NC(=O)Nc3ccc(-c4nc(N5CCOCC5)c5cccn5n4)cc3)cc2)C1. The van der Waals surface area contributed by atoms with Gasteiger partial charge in [-0.25, -0.2) is 14.3 Å². The molecule has 1 atom stereocenters. The standard InChI is InChI=1S/C28H30N8O3/c29-21-11-13-35(18-21)27(37)20-5-9-23(10-6-20)31-28(38)30-22-7-3-19(4-8-22)25-32-26(34-14-16-39-17-15-34)24-2-1-12-36(24)33-25/h1-10,12,21H,11,13-18,29H2,(H2,30,31,38)/t21-/m1/s1. The maximum Gasteiger partial charge on any atom is 0.323 e. The number of urea groups is 1. The number of benzene rings is 2. The molecule has 2 aliphatic rings. The van der Waals surface area contributed by atoms with Crippen molar-refractivity contribution in [1.82, 2.24) is 19.5 Å². The Balaban J connectivity index is 1.10. The van der Waals surface area contributed by atoms with Gasteiger partial charge in [-0.3, -0.25) is 4.79 Å². The Morgan fingerprint density at radius 1 is 0.923 bits per heavy atom. The molecule has 0 aliphatic carbocycles. The van der Waals surface area contributed by atoms with Gasteiger partial charge in [-0.1, -0.05) is 0 Å². The molecule has 6 rings (SSSR count). The van der Waals surface area contributed by atoms with E-state index in [9.17, 15) is 9.59 Å². The number of amides is 3. The van der Waals surface area contributed by atoms with Crippen molar-refractivity contribution in [3.8, 4) is 11.4 Å². The van der Waals surface area contributed by atoms with E-state index in [-0.39, 0.29) is 18.0 Å². The third-order valence-corrected chi connectivity index (χ3v) is 6.98.